The van der Waals surface area contributed by atoms with E-state index in [1.165, 1.54) is 5.57 Å². The minimum atomic E-state index is -0.668. The molecule has 3 fully saturated rings. The van der Waals surface area contributed by atoms with Crippen LogP contribution in [0.25, 0.3) is 12.7 Å². The summed E-state index contributed by atoms with van der Waals surface area (Å²) in [5.74, 6) is -0.492. The molecule has 0 spiro atoms. The molecule has 5 rings (SSSR count). The maximum atomic E-state index is 12.3. The van der Waals surface area contributed by atoms with Crippen LogP contribution in [-0.2, 0) is 10.2 Å². The van der Waals surface area contributed by atoms with E-state index >= 15 is 0 Å². The van der Waals surface area contributed by atoms with Gasteiger partial charge in [0.2, 0.25) is 0 Å². The zero-order chi connectivity index (χ0) is 24.2. The summed E-state index contributed by atoms with van der Waals surface area (Å²) in [5.41, 5.74) is 1.61. The van der Waals surface area contributed by atoms with Crippen molar-refractivity contribution < 1.29 is 20.1 Å². The Balaban J connectivity index is 1.67. The van der Waals surface area contributed by atoms with Gasteiger partial charge in [0.05, 0.1) is 5.41 Å². The molecule has 1 aromatic rings. The molecule has 33 heavy (non-hydrogen) atoms. The number of hydrogen-bond acceptors (Lipinski definition) is 3. The maximum Gasteiger partial charge on any atom is 0.309 e. The number of phenolic OH excluding ortho intramolecular Hbond substituents is 2. The highest BCUT2D eigenvalue weighted by Crippen LogP contribution is 2.73. The monoisotopic (exact) mass is 450 g/mol. The lowest BCUT2D eigenvalue weighted by atomic mass is 9.35. The van der Waals surface area contributed by atoms with Gasteiger partial charge in [0, 0.05) is 10.6 Å². The summed E-state index contributed by atoms with van der Waals surface area (Å²) in [4.78, 5) is 12.3. The largest absolute Gasteiger partial charge is 0.504 e. The van der Waals surface area contributed by atoms with Gasteiger partial charge in [-0.05, 0) is 90.9 Å². The van der Waals surface area contributed by atoms with E-state index in [1.54, 1.807) is 6.07 Å². The van der Waals surface area contributed by atoms with Gasteiger partial charge in [-0.1, -0.05) is 52.0 Å². The summed E-state index contributed by atoms with van der Waals surface area (Å²) >= 11 is 0. The molecule has 4 aliphatic carbocycles. The number of benzene rings is 1. The quantitative estimate of drug-likeness (QED) is 0.527. The lowest BCUT2D eigenvalue weighted by Gasteiger charge is -2.69. The summed E-state index contributed by atoms with van der Waals surface area (Å²) in [7, 11) is 0. The summed E-state index contributed by atoms with van der Waals surface area (Å²) < 4.78 is 0. The van der Waals surface area contributed by atoms with Gasteiger partial charge in [-0.3, -0.25) is 4.79 Å². The number of phenols is 2. The molecule has 178 valence electrons. The van der Waals surface area contributed by atoms with Gasteiger partial charge < -0.3 is 15.3 Å². The number of hydrogen-bond donors (Lipinski definition) is 3. The number of carbonyl (C=O) groups is 1. The first kappa shape index (κ1) is 22.6. The average Bonchev–Trinajstić information content (AvgIpc) is 2.73. The lowest BCUT2D eigenvalue weighted by molar-refractivity contribution is -0.185. The van der Waals surface area contributed by atoms with Crippen molar-refractivity contribution in [1.82, 2.24) is 0 Å². The fraction of sp³-hybridized carbons (Fsp3) is 0.621. The predicted octanol–water partition coefficient (Wildman–Crippen LogP) is 4.98. The van der Waals surface area contributed by atoms with E-state index in [0.29, 0.717) is 11.1 Å². The molecule has 0 aromatic heterocycles. The zero-order valence-electron chi connectivity index (χ0n) is 20.7. The van der Waals surface area contributed by atoms with Gasteiger partial charge in [-0.15, -0.1) is 0 Å². The molecular weight excluding hydrogens is 412 g/mol. The molecule has 4 heteroatoms. The van der Waals surface area contributed by atoms with Crippen molar-refractivity contribution in [2.75, 3.05) is 0 Å². The Morgan fingerprint density at radius 1 is 1.00 bits per heavy atom. The van der Waals surface area contributed by atoms with Gasteiger partial charge in [0.25, 0.3) is 0 Å². The van der Waals surface area contributed by atoms with Crippen LogP contribution in [0, 0.1) is 27.6 Å². The van der Waals surface area contributed by atoms with E-state index in [1.807, 2.05) is 6.92 Å². The van der Waals surface area contributed by atoms with Crippen LogP contribution in [0.3, 0.4) is 0 Å². The second-order valence-electron chi connectivity index (χ2n) is 12.8. The van der Waals surface area contributed by atoms with E-state index in [0.717, 1.165) is 55.7 Å². The SMILES string of the molecule is C=c1c(O)c(O)cc2c1=CC=C1C2(C)CCC2C1(C)CCC1(C)CCC(C)(C(=O)O)CC21C. The van der Waals surface area contributed by atoms with Crippen molar-refractivity contribution in [2.24, 2.45) is 27.6 Å². The molecule has 0 heterocycles. The van der Waals surface area contributed by atoms with Crippen molar-refractivity contribution in [3.05, 3.63) is 33.7 Å². The Morgan fingerprint density at radius 3 is 2.33 bits per heavy atom. The molecule has 3 N–H and O–H groups in total. The van der Waals surface area contributed by atoms with Crippen molar-refractivity contribution >= 4 is 18.6 Å². The van der Waals surface area contributed by atoms with Gasteiger partial charge in [0.15, 0.2) is 11.5 Å². The van der Waals surface area contributed by atoms with E-state index in [4.69, 9.17) is 0 Å². The van der Waals surface area contributed by atoms with Gasteiger partial charge >= 0.3 is 5.97 Å². The molecule has 4 nitrogen and oxygen atoms in total. The summed E-state index contributed by atoms with van der Waals surface area (Å²) in [6, 6.07) is 1.74. The smallest absolute Gasteiger partial charge is 0.309 e. The second-order valence-corrected chi connectivity index (χ2v) is 12.8. The molecule has 0 bridgehead atoms. The molecule has 0 radical (unpaired) electrons. The van der Waals surface area contributed by atoms with Crippen molar-refractivity contribution in [1.29, 1.82) is 0 Å². The minimum absolute atomic E-state index is 0.0406. The second kappa shape index (κ2) is 6.46. The van der Waals surface area contributed by atoms with Crippen LogP contribution in [0.1, 0.15) is 85.1 Å². The number of fused-ring (bicyclic) bond motifs is 7. The molecule has 0 amide bonds. The number of rotatable bonds is 1. The summed E-state index contributed by atoms with van der Waals surface area (Å²) in [6.07, 6.45) is 11.0. The van der Waals surface area contributed by atoms with Crippen molar-refractivity contribution in [3.8, 4) is 11.5 Å². The first-order valence-electron chi connectivity index (χ1n) is 12.4. The molecule has 6 atom stereocenters. The van der Waals surface area contributed by atoms with Crippen LogP contribution in [0.5, 0.6) is 11.5 Å². The van der Waals surface area contributed by atoms with Crippen LogP contribution < -0.4 is 10.4 Å². The molecule has 3 saturated carbocycles. The lowest BCUT2D eigenvalue weighted by Crippen LogP contribution is -2.62. The number of aromatic hydroxyl groups is 2. The average molecular weight is 451 g/mol. The third-order valence-electron chi connectivity index (χ3n) is 11.2. The molecule has 6 unspecified atom stereocenters. The topological polar surface area (TPSA) is 77.8 Å². The Hall–Kier alpha value is -2.23. The zero-order valence-corrected chi connectivity index (χ0v) is 20.7. The highest BCUT2D eigenvalue weighted by atomic mass is 16.4. The molecule has 0 aliphatic heterocycles. The van der Waals surface area contributed by atoms with Crippen LogP contribution in [-0.4, -0.2) is 21.3 Å². The van der Waals surface area contributed by atoms with E-state index in [9.17, 15) is 20.1 Å². The minimum Gasteiger partial charge on any atom is -0.504 e. The van der Waals surface area contributed by atoms with Crippen LogP contribution in [0.15, 0.2) is 17.7 Å². The third kappa shape index (κ3) is 2.61. The van der Waals surface area contributed by atoms with Crippen molar-refractivity contribution in [2.45, 2.75) is 85.0 Å². The van der Waals surface area contributed by atoms with Gasteiger partial charge in [-0.2, -0.15) is 0 Å². The van der Waals surface area contributed by atoms with E-state index in [2.05, 4.69) is 46.4 Å². The van der Waals surface area contributed by atoms with Crippen LogP contribution in [0.2, 0.25) is 0 Å². The normalized spacial score (nSPS) is 43.8. The fourth-order valence-electron chi connectivity index (χ4n) is 8.85. The summed E-state index contributed by atoms with van der Waals surface area (Å²) in [5, 5.41) is 32.2. The number of aliphatic carboxylic acids is 1. The van der Waals surface area contributed by atoms with Crippen molar-refractivity contribution in [3.63, 3.8) is 0 Å². The van der Waals surface area contributed by atoms with Gasteiger partial charge in [0.1, 0.15) is 0 Å². The third-order valence-corrected chi connectivity index (χ3v) is 11.2. The van der Waals surface area contributed by atoms with E-state index in [-0.39, 0.29) is 33.2 Å². The Bertz CT molecular complexity index is 1210. The molecule has 1 aromatic carbocycles. The Labute approximate surface area is 196 Å². The number of allylic oxidation sites excluding steroid dienone is 2. The van der Waals surface area contributed by atoms with Crippen LogP contribution >= 0.6 is 0 Å². The first-order chi connectivity index (χ1) is 15.2. The van der Waals surface area contributed by atoms with E-state index < -0.39 is 11.4 Å². The summed E-state index contributed by atoms with van der Waals surface area (Å²) in [6.45, 7) is 15.5. The number of carboxylic acid groups (broad SMARTS) is 1. The predicted molar refractivity (Wildman–Crippen MR) is 130 cm³/mol. The Morgan fingerprint density at radius 2 is 1.67 bits per heavy atom. The molecule has 0 saturated heterocycles. The number of carboxylic acids is 1. The standard InChI is InChI=1S/C29H38O4/c1-17-18-7-8-21-27(4,19(18)15-20(30)23(17)31)10-9-22-28(21,5)14-13-26(3)12-11-25(2,24(32)33)16-29(22,26)6/h7-8,15,22,30-31H,1,9-14,16H2,2-6H3,(H,32,33). The highest BCUT2D eigenvalue weighted by molar-refractivity contribution is 5.74. The fourth-order valence-corrected chi connectivity index (χ4v) is 8.85. The van der Waals surface area contributed by atoms with Gasteiger partial charge in [-0.25, -0.2) is 0 Å². The molecular formula is C29H38O4. The highest BCUT2D eigenvalue weighted by Gasteiger charge is 2.66. The van der Waals surface area contributed by atoms with Crippen LogP contribution in [0.4, 0.5) is 0 Å². The maximum absolute atomic E-state index is 12.3. The first-order valence-corrected chi connectivity index (χ1v) is 12.4. The Kier molecular flexibility index (Phi) is 4.41. The molecule has 4 aliphatic rings.